The van der Waals surface area contributed by atoms with Crippen molar-refractivity contribution in [2.45, 2.75) is 90.2 Å². The van der Waals surface area contributed by atoms with Crippen molar-refractivity contribution in [3.63, 3.8) is 0 Å². The van der Waals surface area contributed by atoms with Gasteiger partial charge < -0.3 is 4.98 Å². The van der Waals surface area contributed by atoms with E-state index in [9.17, 15) is 5.26 Å². The summed E-state index contributed by atoms with van der Waals surface area (Å²) in [5.41, 5.74) is 3.03. The van der Waals surface area contributed by atoms with Crippen LogP contribution in [0.4, 0.5) is 0 Å². The Labute approximate surface area is 338 Å². The number of aryl methyl sites for hydroxylation is 2. The van der Waals surface area contributed by atoms with E-state index < -0.39 is 45.1 Å². The molecule has 0 amide bonds. The van der Waals surface area contributed by atoms with Crippen molar-refractivity contribution in [3.05, 3.63) is 107 Å². The molecule has 0 atom stereocenters. The number of benzene rings is 2. The fourth-order valence-electron chi connectivity index (χ4n) is 6.24. The minimum Gasteiger partial charge on any atom is 0 e. The normalized spacial score (nSPS) is 17.4. The standard InChI is InChI=1S/C25H22N3S.C19H26GeN.Ir/c1-15-11-22(27-14-19(15)12-17-5-3-4-6-17)20-10-8-18(13-26)23-21-9-7-16(2)28-25(21)29-24(20)23;1-19(2,3)13-16-12-18(15-10-8-7-9-11-15)21-14-17(16)20(4,5)6;/h7-9,11,14,17H,3-6,12H2,1-2H3;7-10,12,14H,13H2,1-6H3;/q2*-1;/i1D3,2D3,12D2;13D2;. The summed E-state index contributed by atoms with van der Waals surface area (Å²) in [6.45, 7) is 0.923. The molecule has 4 nitrogen and oxygen atoms in total. The zero-order valence-corrected chi connectivity index (χ0v) is 35.1. The van der Waals surface area contributed by atoms with Gasteiger partial charge in [0.1, 0.15) is 4.83 Å². The van der Waals surface area contributed by atoms with E-state index in [1.807, 2.05) is 57.3 Å². The Bertz CT molecular complexity index is 2580. The van der Waals surface area contributed by atoms with Crippen LogP contribution >= 0.6 is 11.3 Å². The molecule has 51 heavy (non-hydrogen) atoms. The fraction of sp³-hybridized carbons (Fsp3) is 0.364. The van der Waals surface area contributed by atoms with E-state index in [1.54, 1.807) is 6.07 Å². The van der Waals surface area contributed by atoms with Crippen molar-refractivity contribution in [1.29, 1.82) is 5.26 Å². The van der Waals surface area contributed by atoms with Gasteiger partial charge in [-0.3, -0.25) is 0 Å². The summed E-state index contributed by atoms with van der Waals surface area (Å²) < 4.78 is 84.2. The second kappa shape index (κ2) is 16.2. The Hall–Kier alpha value is -3.21. The molecule has 0 N–H and O–H groups in total. The van der Waals surface area contributed by atoms with Gasteiger partial charge in [0.05, 0.1) is 0 Å². The summed E-state index contributed by atoms with van der Waals surface area (Å²) in [4.78, 5) is 13.9. The molecule has 4 heterocycles. The van der Waals surface area contributed by atoms with Gasteiger partial charge in [-0.05, 0) is 53.6 Å². The number of hydrogen-bond acceptors (Lipinski definition) is 5. The maximum atomic E-state index is 9.73. The topological polar surface area (TPSA) is 62.5 Å². The molecule has 265 valence electrons. The summed E-state index contributed by atoms with van der Waals surface area (Å²) in [6, 6.07) is 24.0. The van der Waals surface area contributed by atoms with Crippen molar-refractivity contribution in [3.8, 4) is 28.6 Å². The first-order chi connectivity index (χ1) is 27.8. The van der Waals surface area contributed by atoms with E-state index in [0.717, 1.165) is 34.1 Å². The molecule has 7 heteroatoms. The van der Waals surface area contributed by atoms with Crippen LogP contribution in [0.1, 0.15) is 88.1 Å². The minimum absolute atomic E-state index is 0. The van der Waals surface area contributed by atoms with Crippen LogP contribution in [0.3, 0.4) is 0 Å². The molecule has 7 rings (SSSR count). The van der Waals surface area contributed by atoms with Crippen LogP contribution < -0.4 is 4.40 Å². The van der Waals surface area contributed by atoms with Crippen molar-refractivity contribution >= 4 is 49.3 Å². The Kier molecular flexibility index (Phi) is 8.71. The van der Waals surface area contributed by atoms with E-state index in [2.05, 4.69) is 50.4 Å². The largest absolute Gasteiger partial charge is 0 e. The smallest absolute Gasteiger partial charge is 0 e. The molecule has 1 aliphatic carbocycles. The first-order valence-corrected chi connectivity index (χ1v) is 25.1. The summed E-state index contributed by atoms with van der Waals surface area (Å²) in [5.74, 6) is 6.59. The molecule has 0 aliphatic heterocycles. The average molecular weight is 940 g/mol. The number of fused-ring (bicyclic) bond motifs is 3. The van der Waals surface area contributed by atoms with Gasteiger partial charge >= 0.3 is 135 Å². The maximum absolute atomic E-state index is 9.73. The van der Waals surface area contributed by atoms with E-state index in [4.69, 9.17) is 13.7 Å². The van der Waals surface area contributed by atoms with Crippen LogP contribution in [-0.4, -0.2) is 28.2 Å². The van der Waals surface area contributed by atoms with Gasteiger partial charge in [0, 0.05) is 54.4 Å². The van der Waals surface area contributed by atoms with Gasteiger partial charge in [0.25, 0.3) is 0 Å². The zero-order chi connectivity index (χ0) is 44.2. The van der Waals surface area contributed by atoms with Crippen molar-refractivity contribution in [1.82, 2.24) is 15.0 Å². The summed E-state index contributed by atoms with van der Waals surface area (Å²) in [6.07, 6.45) is 3.23. The predicted octanol–water partition coefficient (Wildman–Crippen LogP) is 11.2. The monoisotopic (exact) mass is 941 g/mol. The molecule has 1 radical (unpaired) electrons. The Morgan fingerprint density at radius 3 is 2.45 bits per heavy atom. The molecular weight excluding hydrogens is 881 g/mol. The molecule has 0 bridgehead atoms. The molecule has 1 saturated carbocycles. The Morgan fingerprint density at radius 2 is 1.78 bits per heavy atom. The molecule has 6 aromatic rings. The van der Waals surface area contributed by atoms with Crippen LogP contribution in [0.5, 0.6) is 0 Å². The van der Waals surface area contributed by atoms with Crippen LogP contribution in [0, 0.1) is 48.5 Å². The van der Waals surface area contributed by atoms with Crippen LogP contribution in [0.15, 0.2) is 67.0 Å². The van der Waals surface area contributed by atoms with Crippen LogP contribution in [0.2, 0.25) is 17.3 Å². The first kappa shape index (κ1) is 27.4. The van der Waals surface area contributed by atoms with Crippen LogP contribution in [0.25, 0.3) is 42.8 Å². The third-order valence-corrected chi connectivity index (χ3v) is 14.0. The molecule has 0 spiro atoms. The molecule has 1 aliphatic rings. The quantitative estimate of drug-likeness (QED) is 0.123. The summed E-state index contributed by atoms with van der Waals surface area (Å²) in [7, 11) is 0. The maximum Gasteiger partial charge on any atom is 0 e. The van der Waals surface area contributed by atoms with Crippen molar-refractivity contribution in [2.75, 3.05) is 0 Å². The van der Waals surface area contributed by atoms with Gasteiger partial charge in [-0.2, -0.15) is 11.3 Å². The second-order valence-electron chi connectivity index (χ2n) is 14.8. The molecule has 0 saturated heterocycles. The van der Waals surface area contributed by atoms with Crippen LogP contribution in [-0.2, 0) is 32.9 Å². The minimum atomic E-state index is -2.57. The van der Waals surface area contributed by atoms with E-state index >= 15 is 0 Å². The first-order valence-electron chi connectivity index (χ1n) is 21.9. The van der Waals surface area contributed by atoms with E-state index in [1.165, 1.54) is 35.7 Å². The Morgan fingerprint density at radius 1 is 1.00 bits per heavy atom. The molecule has 1 fully saturated rings. The number of hydrogen-bond donors (Lipinski definition) is 0. The predicted molar refractivity (Wildman–Crippen MR) is 214 cm³/mol. The van der Waals surface area contributed by atoms with Gasteiger partial charge in [0.15, 0.2) is 0 Å². The third kappa shape index (κ3) is 9.24. The SMILES string of the molecule is [2H]C([2H])([2H])c1ccc2c(n1)sc1c(-c3cc(C([2H])([2H])[2H])c(C([2H])([2H])C4CCCC4)cn3)[c-]cc(C#N)c12.[2H]C([2H])(c1cc(-c2[c-]cccc2)nc[c]1[Ge]([CH3])([CH3])[CH3])C(C)(C)C.[Ir]. The van der Waals surface area contributed by atoms with Crippen molar-refractivity contribution < 1.29 is 33.8 Å². The summed E-state index contributed by atoms with van der Waals surface area (Å²) in [5, 5.41) is 10.9. The van der Waals surface area contributed by atoms with Gasteiger partial charge in [0.2, 0.25) is 0 Å². The second-order valence-corrected chi connectivity index (χ2v) is 26.4. The third-order valence-electron chi connectivity index (χ3n) is 8.61. The molecule has 2 aromatic carbocycles. The summed E-state index contributed by atoms with van der Waals surface area (Å²) >= 11 is -1.05. The average Bonchev–Trinajstić information content (AvgIpc) is 3.86. The van der Waals surface area contributed by atoms with Gasteiger partial charge in [-0.15, -0.1) is 17.7 Å². The molecule has 4 aromatic heterocycles. The number of aromatic nitrogens is 3. The van der Waals surface area contributed by atoms with Gasteiger partial charge in [-0.25, -0.2) is 10.2 Å². The number of nitrogens with zero attached hydrogens (tertiary/aromatic N) is 4. The number of rotatable bonds is 6. The molecular formula is C44H48GeIrN4S-2. The number of pyridine rings is 3. The number of thiophene rings is 1. The fourth-order valence-corrected chi connectivity index (χ4v) is 10.4. The van der Waals surface area contributed by atoms with Crippen molar-refractivity contribution in [2.24, 2.45) is 11.3 Å². The van der Waals surface area contributed by atoms with Gasteiger partial charge in [-0.1, -0.05) is 48.8 Å². The number of nitriles is 1. The molecule has 0 unspecified atom stereocenters. The zero-order valence-electron chi connectivity index (χ0n) is 39.8. The van der Waals surface area contributed by atoms with E-state index in [0.29, 0.717) is 44.3 Å². The van der Waals surface area contributed by atoms with E-state index in [-0.39, 0.29) is 48.5 Å². The Balaban J connectivity index is 0.000000253.